The van der Waals surface area contributed by atoms with E-state index in [1.54, 1.807) is 18.4 Å². The van der Waals surface area contributed by atoms with Gasteiger partial charge in [-0.3, -0.25) is 4.99 Å². The topological polar surface area (TPSA) is 70.6 Å². The molecule has 0 fully saturated rings. The number of guanidine groups is 1. The minimum Gasteiger partial charge on any atom is -0.356 e. The molecule has 8 heteroatoms. The van der Waals surface area contributed by atoms with Crippen LogP contribution in [0.2, 0.25) is 0 Å². The summed E-state index contributed by atoms with van der Waals surface area (Å²) in [4.78, 5) is 4.19. The molecule has 1 atom stereocenters. The average molecular weight is 521 g/mol. The molecule has 0 spiro atoms. The van der Waals surface area contributed by atoms with Gasteiger partial charge < -0.3 is 10.6 Å². The normalized spacial score (nSPS) is 12.9. The molecule has 2 aromatic rings. The number of sulfone groups is 1. The van der Waals surface area contributed by atoms with Crippen LogP contribution in [-0.2, 0) is 15.6 Å². The molecule has 0 radical (unpaired) electrons. The molecule has 2 rings (SSSR count). The zero-order valence-corrected chi connectivity index (χ0v) is 19.7. The van der Waals surface area contributed by atoms with E-state index in [0.29, 0.717) is 24.8 Å². The Bertz CT molecular complexity index is 779. The molecular weight excluding hydrogens is 493 g/mol. The van der Waals surface area contributed by atoms with Crippen molar-refractivity contribution >= 4 is 51.1 Å². The fourth-order valence-electron chi connectivity index (χ4n) is 2.54. The summed E-state index contributed by atoms with van der Waals surface area (Å²) in [5.41, 5.74) is 2.14. The molecule has 0 bridgehead atoms. The van der Waals surface area contributed by atoms with Crippen molar-refractivity contribution < 1.29 is 8.42 Å². The van der Waals surface area contributed by atoms with Crippen LogP contribution >= 0.6 is 35.3 Å². The second kappa shape index (κ2) is 12.4. The Kier molecular flexibility index (Phi) is 10.9. The standard InChI is InChI=1S/C19H27N3O2S2.HI/c1-16(18-9-11-25-14-18)13-22-19(20-2)21-10-6-12-26(23,24)15-17-7-4-3-5-8-17;/h3-5,7-9,11,14,16H,6,10,12-13,15H2,1-2H3,(H2,20,21,22);1H. The van der Waals surface area contributed by atoms with E-state index < -0.39 is 9.84 Å². The molecule has 2 N–H and O–H groups in total. The van der Waals surface area contributed by atoms with Crippen molar-refractivity contribution in [3.8, 4) is 0 Å². The lowest BCUT2D eigenvalue weighted by molar-refractivity contribution is 0.591. The Balaban J connectivity index is 0.00000364. The van der Waals surface area contributed by atoms with E-state index >= 15 is 0 Å². The highest BCUT2D eigenvalue weighted by Gasteiger charge is 2.12. The lowest BCUT2D eigenvalue weighted by Gasteiger charge is -2.15. The smallest absolute Gasteiger partial charge is 0.190 e. The molecule has 0 saturated carbocycles. The molecule has 27 heavy (non-hydrogen) atoms. The Morgan fingerprint density at radius 2 is 1.93 bits per heavy atom. The van der Waals surface area contributed by atoms with Gasteiger partial charge in [-0.25, -0.2) is 8.42 Å². The van der Waals surface area contributed by atoms with E-state index in [4.69, 9.17) is 0 Å². The van der Waals surface area contributed by atoms with Crippen molar-refractivity contribution in [2.75, 3.05) is 25.9 Å². The summed E-state index contributed by atoms with van der Waals surface area (Å²) in [5.74, 6) is 1.36. The van der Waals surface area contributed by atoms with E-state index in [2.05, 4.69) is 39.4 Å². The Morgan fingerprint density at radius 1 is 1.19 bits per heavy atom. The van der Waals surface area contributed by atoms with E-state index in [0.717, 1.165) is 12.1 Å². The Labute approximate surface area is 183 Å². The molecule has 150 valence electrons. The number of hydrogen-bond donors (Lipinski definition) is 2. The van der Waals surface area contributed by atoms with E-state index in [1.165, 1.54) is 5.56 Å². The number of nitrogens with one attached hydrogen (secondary N) is 2. The minimum absolute atomic E-state index is 0. The molecule has 1 heterocycles. The van der Waals surface area contributed by atoms with Gasteiger partial charge in [0.15, 0.2) is 15.8 Å². The summed E-state index contributed by atoms with van der Waals surface area (Å²) in [6, 6.07) is 11.4. The van der Waals surface area contributed by atoms with Crippen LogP contribution in [-0.4, -0.2) is 40.3 Å². The van der Waals surface area contributed by atoms with Crippen molar-refractivity contribution in [1.82, 2.24) is 10.6 Å². The first-order chi connectivity index (χ1) is 12.5. The predicted octanol–water partition coefficient (Wildman–Crippen LogP) is 3.64. The van der Waals surface area contributed by atoms with Crippen LogP contribution < -0.4 is 10.6 Å². The minimum atomic E-state index is -3.09. The first-order valence-electron chi connectivity index (χ1n) is 8.71. The number of rotatable bonds is 9. The zero-order chi connectivity index (χ0) is 18.8. The molecule has 0 aliphatic carbocycles. The van der Waals surface area contributed by atoms with Gasteiger partial charge in [0.1, 0.15) is 0 Å². The van der Waals surface area contributed by atoms with Crippen molar-refractivity contribution in [2.24, 2.45) is 4.99 Å². The number of thiophene rings is 1. The van der Waals surface area contributed by atoms with E-state index in [-0.39, 0.29) is 35.5 Å². The van der Waals surface area contributed by atoms with Gasteiger partial charge in [0.2, 0.25) is 0 Å². The maximum atomic E-state index is 12.2. The van der Waals surface area contributed by atoms with Crippen LogP contribution in [0.4, 0.5) is 0 Å². The van der Waals surface area contributed by atoms with Crippen molar-refractivity contribution in [3.63, 3.8) is 0 Å². The van der Waals surface area contributed by atoms with Crippen LogP contribution in [0.15, 0.2) is 52.2 Å². The summed E-state index contributed by atoms with van der Waals surface area (Å²) in [6.45, 7) is 3.52. The van der Waals surface area contributed by atoms with Crippen molar-refractivity contribution in [2.45, 2.75) is 25.0 Å². The lowest BCUT2D eigenvalue weighted by atomic mass is 10.1. The van der Waals surface area contributed by atoms with Crippen molar-refractivity contribution in [3.05, 3.63) is 58.3 Å². The first kappa shape index (κ1) is 23.9. The Morgan fingerprint density at radius 3 is 2.56 bits per heavy atom. The zero-order valence-electron chi connectivity index (χ0n) is 15.7. The van der Waals surface area contributed by atoms with Gasteiger partial charge in [-0.1, -0.05) is 37.3 Å². The molecule has 0 aliphatic heterocycles. The highest BCUT2D eigenvalue weighted by molar-refractivity contribution is 14.0. The summed E-state index contributed by atoms with van der Waals surface area (Å²) >= 11 is 1.70. The highest BCUT2D eigenvalue weighted by Crippen LogP contribution is 2.16. The largest absolute Gasteiger partial charge is 0.356 e. The number of aliphatic imine (C=N–C) groups is 1. The van der Waals surface area contributed by atoms with Gasteiger partial charge in [0, 0.05) is 20.1 Å². The quantitative estimate of drug-likeness (QED) is 0.229. The molecule has 1 unspecified atom stereocenters. The SMILES string of the molecule is CN=C(NCCCS(=O)(=O)Cc1ccccc1)NCC(C)c1ccsc1.I. The maximum absolute atomic E-state index is 12.2. The van der Waals surface area contributed by atoms with Crippen molar-refractivity contribution in [1.29, 1.82) is 0 Å². The van der Waals surface area contributed by atoms with Gasteiger partial charge in [-0.05, 0) is 40.3 Å². The van der Waals surface area contributed by atoms with Gasteiger partial charge >= 0.3 is 0 Å². The summed E-state index contributed by atoms with van der Waals surface area (Å²) in [5, 5.41) is 10.7. The van der Waals surface area contributed by atoms with Crippen LogP contribution in [0.1, 0.15) is 30.4 Å². The molecule has 0 aliphatic rings. The summed E-state index contributed by atoms with van der Waals surface area (Å²) in [6.07, 6.45) is 0.552. The second-order valence-electron chi connectivity index (χ2n) is 6.27. The predicted molar refractivity (Wildman–Crippen MR) is 126 cm³/mol. The number of benzene rings is 1. The Hall–Kier alpha value is -1.13. The highest BCUT2D eigenvalue weighted by atomic mass is 127. The molecular formula is C19H28IN3O2S2. The van der Waals surface area contributed by atoms with Crippen LogP contribution in [0.25, 0.3) is 0 Å². The fraction of sp³-hybridized carbons (Fsp3) is 0.421. The van der Waals surface area contributed by atoms with Crippen LogP contribution in [0, 0.1) is 0 Å². The van der Waals surface area contributed by atoms with Crippen LogP contribution in [0.3, 0.4) is 0 Å². The molecule has 5 nitrogen and oxygen atoms in total. The number of nitrogens with zero attached hydrogens (tertiary/aromatic N) is 1. The monoisotopic (exact) mass is 521 g/mol. The molecule has 0 amide bonds. The number of hydrogen-bond acceptors (Lipinski definition) is 4. The molecule has 1 aromatic heterocycles. The maximum Gasteiger partial charge on any atom is 0.190 e. The average Bonchev–Trinajstić information content (AvgIpc) is 3.16. The lowest BCUT2D eigenvalue weighted by Crippen LogP contribution is -2.39. The van der Waals surface area contributed by atoms with Gasteiger partial charge in [0.05, 0.1) is 11.5 Å². The van der Waals surface area contributed by atoms with Gasteiger partial charge in [-0.15, -0.1) is 24.0 Å². The third-order valence-corrected chi connectivity index (χ3v) is 6.45. The van der Waals surface area contributed by atoms with Crippen LogP contribution in [0.5, 0.6) is 0 Å². The van der Waals surface area contributed by atoms with E-state index in [1.807, 2.05) is 30.3 Å². The third-order valence-electron chi connectivity index (χ3n) is 4.07. The third kappa shape index (κ3) is 9.07. The summed E-state index contributed by atoms with van der Waals surface area (Å²) < 4.78 is 24.4. The van der Waals surface area contributed by atoms with Gasteiger partial charge in [0.25, 0.3) is 0 Å². The fourth-order valence-corrected chi connectivity index (χ4v) is 4.75. The molecule has 1 aromatic carbocycles. The molecule has 0 saturated heterocycles. The second-order valence-corrected chi connectivity index (χ2v) is 9.23. The van der Waals surface area contributed by atoms with E-state index in [9.17, 15) is 8.42 Å². The number of halogens is 1. The van der Waals surface area contributed by atoms with Gasteiger partial charge in [-0.2, -0.15) is 11.3 Å². The first-order valence-corrected chi connectivity index (χ1v) is 11.5. The summed E-state index contributed by atoms with van der Waals surface area (Å²) in [7, 11) is -1.37.